The maximum Gasteiger partial charge on any atom is 0.335 e. The summed E-state index contributed by atoms with van der Waals surface area (Å²) in [6.45, 7) is 0.319. The first-order valence-electron chi connectivity index (χ1n) is 11.5. The summed E-state index contributed by atoms with van der Waals surface area (Å²) in [6, 6.07) is 23.4. The van der Waals surface area contributed by atoms with Crippen LogP contribution in [0.2, 0.25) is 0 Å². The van der Waals surface area contributed by atoms with Crippen molar-refractivity contribution in [1.29, 1.82) is 0 Å². The predicted molar refractivity (Wildman–Crippen MR) is 152 cm³/mol. The molecule has 1 heterocycles. The molecule has 1 saturated heterocycles. The van der Waals surface area contributed by atoms with E-state index in [9.17, 15) is 14.4 Å². The van der Waals surface area contributed by atoms with Crippen molar-refractivity contribution in [1.82, 2.24) is 5.32 Å². The average molecular weight is 636 g/mol. The first kappa shape index (κ1) is 25.7. The standard InChI is InChI=1S/C29H20Br2N2O5/c1-37-25-14-20(13-23-27(34)32-29(36)33(28(23)35)22-10-8-21(30)9-11-22)24(31)15-26(25)38-16-17-6-7-18-4-2-3-5-19(18)12-17/h2-15H,16H2,1H3,(H,32,34,36)/b23-13+. The molecular formula is C29H20Br2N2O5. The zero-order valence-corrected chi connectivity index (χ0v) is 23.2. The minimum absolute atomic E-state index is 0.194. The molecule has 0 aliphatic carbocycles. The van der Waals surface area contributed by atoms with Crippen molar-refractivity contribution in [2.75, 3.05) is 12.0 Å². The molecule has 7 nitrogen and oxygen atoms in total. The molecule has 4 amide bonds. The molecule has 0 unspecified atom stereocenters. The number of urea groups is 1. The molecule has 4 aromatic rings. The van der Waals surface area contributed by atoms with Crippen molar-refractivity contribution in [2.24, 2.45) is 0 Å². The molecule has 1 fully saturated rings. The Morgan fingerprint density at radius 1 is 0.868 bits per heavy atom. The molecule has 1 aliphatic rings. The lowest BCUT2D eigenvalue weighted by molar-refractivity contribution is -0.122. The quantitative estimate of drug-likeness (QED) is 0.190. The number of halogens is 2. The van der Waals surface area contributed by atoms with E-state index in [4.69, 9.17) is 9.47 Å². The lowest BCUT2D eigenvalue weighted by Crippen LogP contribution is -2.54. The highest BCUT2D eigenvalue weighted by Gasteiger charge is 2.37. The molecule has 9 heteroatoms. The van der Waals surface area contributed by atoms with Crippen LogP contribution in [0.4, 0.5) is 10.5 Å². The van der Waals surface area contributed by atoms with Crippen molar-refractivity contribution >= 4 is 72.2 Å². The predicted octanol–water partition coefficient (Wildman–Crippen LogP) is 6.62. The normalized spacial score (nSPS) is 14.7. The lowest BCUT2D eigenvalue weighted by Gasteiger charge is -2.26. The highest BCUT2D eigenvalue weighted by molar-refractivity contribution is 9.10. The van der Waals surface area contributed by atoms with Crippen LogP contribution in [-0.2, 0) is 16.2 Å². The largest absolute Gasteiger partial charge is 0.493 e. The number of nitrogens with one attached hydrogen (secondary N) is 1. The second-order valence-electron chi connectivity index (χ2n) is 8.43. The summed E-state index contributed by atoms with van der Waals surface area (Å²) in [5, 5.41) is 4.50. The molecule has 1 N–H and O–H groups in total. The van der Waals surface area contributed by atoms with Gasteiger partial charge in [0.2, 0.25) is 0 Å². The number of barbiturate groups is 1. The fourth-order valence-corrected chi connectivity index (χ4v) is 4.76. The number of fused-ring (bicyclic) bond motifs is 1. The Morgan fingerprint density at radius 2 is 1.61 bits per heavy atom. The smallest absolute Gasteiger partial charge is 0.335 e. The molecule has 190 valence electrons. The highest BCUT2D eigenvalue weighted by Crippen LogP contribution is 2.36. The van der Waals surface area contributed by atoms with Gasteiger partial charge in [0, 0.05) is 8.95 Å². The van der Waals surface area contributed by atoms with Gasteiger partial charge in [-0.25, -0.2) is 9.69 Å². The fourth-order valence-electron chi connectivity index (χ4n) is 4.06. The summed E-state index contributed by atoms with van der Waals surface area (Å²) >= 11 is 6.84. The van der Waals surface area contributed by atoms with Gasteiger partial charge in [-0.15, -0.1) is 0 Å². The molecule has 0 bridgehead atoms. The molecule has 0 radical (unpaired) electrons. The minimum atomic E-state index is -0.812. The van der Waals surface area contributed by atoms with E-state index >= 15 is 0 Å². The summed E-state index contributed by atoms with van der Waals surface area (Å²) in [5.74, 6) is -0.606. The van der Waals surface area contributed by atoms with Gasteiger partial charge in [-0.2, -0.15) is 0 Å². The van der Waals surface area contributed by atoms with Crippen molar-refractivity contribution in [3.63, 3.8) is 0 Å². The highest BCUT2D eigenvalue weighted by atomic mass is 79.9. The molecule has 0 saturated carbocycles. The summed E-state index contributed by atoms with van der Waals surface area (Å²) in [4.78, 5) is 39.2. The molecule has 0 spiro atoms. The van der Waals surface area contributed by atoms with Gasteiger partial charge in [-0.3, -0.25) is 14.9 Å². The third-order valence-electron chi connectivity index (χ3n) is 5.98. The van der Waals surface area contributed by atoms with Crippen LogP contribution >= 0.6 is 31.9 Å². The van der Waals surface area contributed by atoms with Gasteiger partial charge in [-0.1, -0.05) is 68.3 Å². The number of carbonyl (C=O) groups excluding carboxylic acids is 3. The van der Waals surface area contributed by atoms with E-state index in [2.05, 4.69) is 49.3 Å². The number of imide groups is 2. The number of hydrogen-bond acceptors (Lipinski definition) is 5. The van der Waals surface area contributed by atoms with E-state index < -0.39 is 17.8 Å². The number of carbonyl (C=O) groups is 3. The molecule has 4 aromatic carbocycles. The van der Waals surface area contributed by atoms with Gasteiger partial charge in [0.15, 0.2) is 11.5 Å². The molecular weight excluding hydrogens is 616 g/mol. The topological polar surface area (TPSA) is 84.9 Å². The maximum atomic E-state index is 13.2. The zero-order chi connectivity index (χ0) is 26.8. The second kappa shape index (κ2) is 10.8. The van der Waals surface area contributed by atoms with E-state index in [0.29, 0.717) is 33.8 Å². The van der Waals surface area contributed by atoms with Crippen LogP contribution in [0.3, 0.4) is 0 Å². The van der Waals surface area contributed by atoms with Gasteiger partial charge >= 0.3 is 6.03 Å². The molecule has 5 rings (SSSR count). The zero-order valence-electron chi connectivity index (χ0n) is 20.0. The second-order valence-corrected chi connectivity index (χ2v) is 10.2. The fraction of sp³-hybridized carbons (Fsp3) is 0.0690. The number of methoxy groups -OCH3 is 1. The van der Waals surface area contributed by atoms with Gasteiger partial charge in [-0.05, 0) is 70.4 Å². The Kier molecular flexibility index (Phi) is 7.31. The van der Waals surface area contributed by atoms with Gasteiger partial charge in [0.1, 0.15) is 12.2 Å². The van der Waals surface area contributed by atoms with E-state index in [1.165, 1.54) is 13.2 Å². The lowest BCUT2D eigenvalue weighted by atomic mass is 10.1. The van der Waals surface area contributed by atoms with Gasteiger partial charge < -0.3 is 9.47 Å². The number of rotatable bonds is 6. The SMILES string of the molecule is COc1cc(/C=C2\C(=O)NC(=O)N(c3ccc(Br)cc3)C2=O)c(Br)cc1OCc1ccc2ccccc2c1. The van der Waals surface area contributed by atoms with Crippen molar-refractivity contribution in [3.8, 4) is 11.5 Å². The number of ether oxygens (including phenoxy) is 2. The average Bonchev–Trinajstić information content (AvgIpc) is 2.91. The Hall–Kier alpha value is -3.95. The van der Waals surface area contributed by atoms with Crippen LogP contribution in [0.25, 0.3) is 16.8 Å². The first-order chi connectivity index (χ1) is 18.3. The molecule has 0 atom stereocenters. The Labute approximate surface area is 235 Å². The van der Waals surface area contributed by atoms with Crippen LogP contribution in [0.5, 0.6) is 11.5 Å². The number of nitrogens with zero attached hydrogens (tertiary/aromatic N) is 1. The summed E-state index contributed by atoms with van der Waals surface area (Å²) < 4.78 is 12.9. The van der Waals surface area contributed by atoms with E-state index in [1.807, 2.05) is 30.3 Å². The molecule has 1 aliphatic heterocycles. The van der Waals surface area contributed by atoms with Crippen LogP contribution < -0.4 is 19.7 Å². The van der Waals surface area contributed by atoms with E-state index in [0.717, 1.165) is 25.7 Å². The van der Waals surface area contributed by atoms with Crippen LogP contribution in [0.15, 0.2) is 93.4 Å². The Morgan fingerprint density at radius 3 is 2.34 bits per heavy atom. The van der Waals surface area contributed by atoms with Crippen LogP contribution in [-0.4, -0.2) is 25.0 Å². The third kappa shape index (κ3) is 5.20. The number of amides is 4. The van der Waals surface area contributed by atoms with E-state index in [-0.39, 0.29) is 5.57 Å². The number of hydrogen-bond donors (Lipinski definition) is 1. The van der Waals surface area contributed by atoms with Crippen molar-refractivity contribution < 1.29 is 23.9 Å². The third-order valence-corrected chi connectivity index (χ3v) is 7.19. The Bertz CT molecular complexity index is 1620. The van der Waals surface area contributed by atoms with Gasteiger partial charge in [0.25, 0.3) is 11.8 Å². The van der Waals surface area contributed by atoms with Crippen molar-refractivity contribution in [2.45, 2.75) is 6.61 Å². The number of benzene rings is 4. The van der Waals surface area contributed by atoms with E-state index in [1.54, 1.807) is 36.4 Å². The van der Waals surface area contributed by atoms with Crippen LogP contribution in [0.1, 0.15) is 11.1 Å². The van der Waals surface area contributed by atoms with Crippen molar-refractivity contribution in [3.05, 3.63) is 105 Å². The summed E-state index contributed by atoms with van der Waals surface area (Å²) in [6.07, 6.45) is 1.41. The summed E-state index contributed by atoms with van der Waals surface area (Å²) in [7, 11) is 1.51. The minimum Gasteiger partial charge on any atom is -0.493 e. The first-order valence-corrected chi connectivity index (χ1v) is 13.1. The monoisotopic (exact) mass is 634 g/mol. The number of anilines is 1. The molecule has 38 heavy (non-hydrogen) atoms. The molecule has 0 aromatic heterocycles. The van der Waals surface area contributed by atoms with Gasteiger partial charge in [0.05, 0.1) is 12.8 Å². The summed E-state index contributed by atoms with van der Waals surface area (Å²) in [5.41, 5.74) is 1.64. The Balaban J connectivity index is 1.42. The van der Waals surface area contributed by atoms with Crippen LogP contribution in [0, 0.1) is 0 Å². The maximum absolute atomic E-state index is 13.2.